The second kappa shape index (κ2) is 22.7. The minimum Gasteiger partial charge on any atom is -0.456 e. The van der Waals surface area contributed by atoms with Crippen LogP contribution >= 0.6 is 0 Å². The van der Waals surface area contributed by atoms with E-state index < -0.39 is 47.1 Å². The first-order valence-electron chi connectivity index (χ1n) is 12.7. The minimum absolute atomic E-state index is 0. The van der Waals surface area contributed by atoms with E-state index in [-0.39, 0.29) is 46.8 Å². The molecule has 11 heteroatoms. The number of benzene rings is 2. The zero-order chi connectivity index (χ0) is 31.3. The van der Waals surface area contributed by atoms with Crippen LogP contribution in [0.3, 0.4) is 0 Å². The van der Waals surface area contributed by atoms with Crippen LogP contribution in [0.5, 0.6) is 11.5 Å². The zero-order valence-electron chi connectivity index (χ0n) is 24.1. The summed E-state index contributed by atoms with van der Waals surface area (Å²) < 4.78 is 69.3. The summed E-state index contributed by atoms with van der Waals surface area (Å²) >= 11 is 0. The molecule has 0 saturated heterocycles. The second-order valence-electron chi connectivity index (χ2n) is 9.01. The Balaban J connectivity index is 0.000000608. The van der Waals surface area contributed by atoms with E-state index in [4.69, 9.17) is 0 Å². The van der Waals surface area contributed by atoms with Crippen LogP contribution < -0.4 is 9.47 Å². The van der Waals surface area contributed by atoms with Gasteiger partial charge in [-0.15, -0.1) is 36.4 Å². The largest absolute Gasteiger partial charge is 4.00 e. The number of halogens is 4. The fourth-order valence-electron chi connectivity index (χ4n) is 2.37. The summed E-state index contributed by atoms with van der Waals surface area (Å²) in [4.78, 5) is 22.1. The molecule has 4 aromatic rings. The van der Waals surface area contributed by atoms with Gasteiger partial charge < -0.3 is 18.9 Å². The number of carbonyl (C=O) groups excluding carboxylic acids is 2. The van der Waals surface area contributed by atoms with E-state index >= 15 is 0 Å². The van der Waals surface area contributed by atoms with Crippen molar-refractivity contribution in [2.45, 2.75) is 27.7 Å². The van der Waals surface area contributed by atoms with Crippen LogP contribution in [0.25, 0.3) is 0 Å². The third-order valence-corrected chi connectivity index (χ3v) is 4.22. The van der Waals surface area contributed by atoms with E-state index in [0.29, 0.717) is 0 Å². The van der Waals surface area contributed by atoms with Crippen molar-refractivity contribution in [1.29, 1.82) is 0 Å². The molecule has 0 unspecified atom stereocenters. The third kappa shape index (κ3) is 19.8. The van der Waals surface area contributed by atoms with Crippen LogP contribution in [0.2, 0.25) is 0 Å². The van der Waals surface area contributed by atoms with Crippen LogP contribution in [0, 0.1) is 47.2 Å². The number of rotatable bonds is 6. The van der Waals surface area contributed by atoms with Crippen LogP contribution in [0.15, 0.2) is 84.9 Å². The maximum absolute atomic E-state index is 13.0. The van der Waals surface area contributed by atoms with Gasteiger partial charge in [-0.05, 0) is 11.8 Å². The van der Waals surface area contributed by atoms with E-state index in [2.05, 4.69) is 18.9 Å². The van der Waals surface area contributed by atoms with Crippen molar-refractivity contribution in [1.82, 2.24) is 0 Å². The predicted octanol–water partition coefficient (Wildman–Crippen LogP) is 8.68. The smallest absolute Gasteiger partial charge is 0.456 e. The molecule has 0 aliphatic heterocycles. The molecular weight excluding hydrogens is 604 g/mol. The van der Waals surface area contributed by atoms with Gasteiger partial charge in [0.05, 0.1) is 36.3 Å². The van der Waals surface area contributed by atoms with Crippen molar-refractivity contribution in [2.24, 2.45) is 11.8 Å². The minimum atomic E-state index is -1.07. The molecule has 0 fully saturated rings. The Morgan fingerprint density at radius 1 is 0.651 bits per heavy atom. The van der Waals surface area contributed by atoms with Gasteiger partial charge in [0.1, 0.15) is 0 Å². The van der Waals surface area contributed by atoms with E-state index in [9.17, 15) is 27.2 Å². The van der Waals surface area contributed by atoms with Gasteiger partial charge in [0.15, 0.2) is 0 Å². The molecule has 0 bridgehead atoms. The zero-order valence-corrected chi connectivity index (χ0v) is 25.7. The van der Waals surface area contributed by atoms with Gasteiger partial charge in [0.25, 0.3) is 0 Å². The molecule has 228 valence electrons. The normalized spacial score (nSPS) is 9.53. The molecule has 0 aliphatic carbocycles. The first kappa shape index (κ1) is 39.1. The summed E-state index contributed by atoms with van der Waals surface area (Å²) in [5, 5.41) is 0. The molecule has 43 heavy (non-hydrogen) atoms. The molecule has 0 N–H and O–H groups in total. The summed E-state index contributed by atoms with van der Waals surface area (Å²) in [7, 11) is 0. The molecular formula is C32H32F4O6Ti. The van der Waals surface area contributed by atoms with Gasteiger partial charge in [-0.3, -0.25) is 0 Å². The van der Waals surface area contributed by atoms with Gasteiger partial charge in [-0.2, -0.15) is 36.4 Å². The molecule has 0 radical (unpaired) electrons. The standard InChI is InChI=1S/2C11H11F2O3.2C5H5.Ti/c2*1-7(2)6-15-11(14)16-10-4-3-8(12)5-9(10)13;2*1-2-4-5-3-1;/h2*3-4,7H,6H2,1-2H3;2*1-5H;/q4*-1;+4. The topological polar surface area (TPSA) is 71.1 Å². The Hall–Kier alpha value is -3.89. The fraction of sp³-hybridized carbons (Fsp3) is 0.250. The van der Waals surface area contributed by atoms with E-state index in [0.717, 1.165) is 24.3 Å². The summed E-state index contributed by atoms with van der Waals surface area (Å²) in [6, 6.07) is 27.4. The van der Waals surface area contributed by atoms with E-state index in [1.807, 2.05) is 88.4 Å². The predicted molar refractivity (Wildman–Crippen MR) is 148 cm³/mol. The molecule has 4 rings (SSSR count). The van der Waals surface area contributed by atoms with Crippen LogP contribution in [0.4, 0.5) is 27.2 Å². The second-order valence-corrected chi connectivity index (χ2v) is 9.01. The maximum Gasteiger partial charge on any atom is 4.00 e. The van der Waals surface area contributed by atoms with Crippen LogP contribution in [0.1, 0.15) is 27.7 Å². The summed E-state index contributed by atoms with van der Waals surface area (Å²) in [6.07, 6.45) is -2.04. The Kier molecular flexibility index (Phi) is 20.6. The Morgan fingerprint density at radius 2 is 0.977 bits per heavy atom. The Bertz CT molecular complexity index is 1150. The van der Waals surface area contributed by atoms with Gasteiger partial charge in [-0.25, -0.2) is 51.4 Å². The molecule has 0 atom stereocenters. The Labute approximate surface area is 264 Å². The molecule has 6 nitrogen and oxygen atoms in total. The number of carbonyl (C=O) groups is 2. The van der Waals surface area contributed by atoms with Crippen molar-refractivity contribution in [3.05, 3.63) is 120 Å². The van der Waals surface area contributed by atoms with Crippen molar-refractivity contribution in [2.75, 3.05) is 13.2 Å². The number of hydrogen-bond acceptors (Lipinski definition) is 6. The molecule has 0 aromatic heterocycles. The van der Waals surface area contributed by atoms with Gasteiger partial charge in [0, 0.05) is 11.6 Å². The quantitative estimate of drug-likeness (QED) is 0.0694. The SMILES string of the molecule is CC(C)COC(=O)Oc1ccc(F)[c-]c1F.CC(C)COC(=O)Oc1ccc(F)[c-]c1F.[Ti+4].c1cc[cH-]c1.c1cc[cH-]c1. The van der Waals surface area contributed by atoms with E-state index in [1.54, 1.807) is 12.1 Å². The Morgan fingerprint density at radius 3 is 1.21 bits per heavy atom. The third-order valence-electron chi connectivity index (χ3n) is 4.22. The number of hydrogen-bond donors (Lipinski definition) is 0. The van der Waals surface area contributed by atoms with E-state index in [1.165, 1.54) is 0 Å². The summed E-state index contributed by atoms with van der Waals surface area (Å²) in [5.74, 6) is -4.37. The maximum atomic E-state index is 13.0. The van der Waals surface area contributed by atoms with Crippen molar-refractivity contribution < 1.29 is 67.8 Å². The van der Waals surface area contributed by atoms with Gasteiger partial charge in [-0.1, -0.05) is 27.7 Å². The molecule has 0 spiro atoms. The molecule has 0 amide bonds. The number of ether oxygens (including phenoxy) is 4. The molecule has 0 saturated carbocycles. The van der Waals surface area contributed by atoms with Crippen LogP contribution in [-0.4, -0.2) is 25.5 Å². The first-order valence-corrected chi connectivity index (χ1v) is 12.7. The van der Waals surface area contributed by atoms with Crippen molar-refractivity contribution in [3.63, 3.8) is 0 Å². The first-order chi connectivity index (χ1) is 20.0. The fourth-order valence-corrected chi connectivity index (χ4v) is 2.37. The van der Waals surface area contributed by atoms with Crippen LogP contribution in [-0.2, 0) is 31.2 Å². The van der Waals surface area contributed by atoms with Crippen molar-refractivity contribution >= 4 is 12.3 Å². The molecule has 0 aliphatic rings. The van der Waals surface area contributed by atoms with Gasteiger partial charge in [0.2, 0.25) is 0 Å². The average Bonchev–Trinajstić information content (AvgIpc) is 3.70. The van der Waals surface area contributed by atoms with Crippen molar-refractivity contribution in [3.8, 4) is 11.5 Å². The average molecular weight is 636 g/mol. The van der Waals surface area contributed by atoms with Gasteiger partial charge >= 0.3 is 34.0 Å². The summed E-state index contributed by atoms with van der Waals surface area (Å²) in [5.41, 5.74) is 0. The molecule has 4 aromatic carbocycles. The molecule has 0 heterocycles. The summed E-state index contributed by atoms with van der Waals surface area (Å²) in [6.45, 7) is 7.73. The monoisotopic (exact) mass is 636 g/mol.